The Morgan fingerprint density at radius 3 is 2.70 bits per heavy atom. The number of para-hydroxylation sites is 1. The maximum atomic E-state index is 13.9. The molecule has 3 nitrogen and oxygen atoms in total. The highest BCUT2D eigenvalue weighted by Gasteiger charge is 2.34. The molecule has 1 N–H and O–H groups in total. The molecular weight excluding hydrogens is 259 g/mol. The van der Waals surface area contributed by atoms with E-state index in [1.165, 1.54) is 18.2 Å². The van der Waals surface area contributed by atoms with Crippen LogP contribution in [0.15, 0.2) is 18.2 Å². The van der Waals surface area contributed by atoms with Gasteiger partial charge in [0.1, 0.15) is 5.56 Å². The second-order valence-corrected chi connectivity index (χ2v) is 6.57. The fourth-order valence-corrected chi connectivity index (χ4v) is 3.31. The van der Waals surface area contributed by atoms with E-state index in [9.17, 15) is 9.18 Å². The van der Waals surface area contributed by atoms with E-state index < -0.39 is 11.8 Å². The van der Waals surface area contributed by atoms with Crippen molar-refractivity contribution in [3.05, 3.63) is 29.6 Å². The van der Waals surface area contributed by atoms with Crippen LogP contribution in [-0.4, -0.2) is 17.2 Å². The molecule has 1 aromatic carbocycles. The monoisotopic (exact) mass is 280 g/mol. The van der Waals surface area contributed by atoms with E-state index >= 15 is 0 Å². The normalized spacial score (nSPS) is 25.2. The van der Waals surface area contributed by atoms with Crippen LogP contribution in [0.2, 0.25) is 0 Å². The van der Waals surface area contributed by atoms with E-state index in [0.29, 0.717) is 5.92 Å². The largest absolute Gasteiger partial charge is 0.486 e. The Hall–Kier alpha value is -1.58. The third-order valence-corrected chi connectivity index (χ3v) is 3.83. The van der Waals surface area contributed by atoms with Crippen LogP contribution in [0.25, 0.3) is 0 Å². The summed E-state index contributed by atoms with van der Waals surface area (Å²) in [6.45, 7) is 6.48. The lowest BCUT2D eigenvalue weighted by Crippen LogP contribution is -2.34. The molecule has 2 atom stereocenters. The first-order chi connectivity index (χ1) is 9.28. The van der Waals surface area contributed by atoms with Crippen molar-refractivity contribution in [2.75, 3.05) is 0 Å². The molecule has 1 saturated carbocycles. The third-order valence-electron chi connectivity index (χ3n) is 3.83. The van der Waals surface area contributed by atoms with E-state index in [1.54, 1.807) is 0 Å². The summed E-state index contributed by atoms with van der Waals surface area (Å²) in [7, 11) is 0. The van der Waals surface area contributed by atoms with Gasteiger partial charge in [-0.15, -0.1) is 0 Å². The highest BCUT2D eigenvalue weighted by atomic mass is 19.1. The van der Waals surface area contributed by atoms with Crippen LogP contribution in [0.1, 0.15) is 50.4 Å². The Kier molecular flexibility index (Phi) is 4.02. The molecule has 1 aliphatic rings. The van der Waals surface area contributed by atoms with Gasteiger partial charge in [0.15, 0.2) is 11.6 Å². The summed E-state index contributed by atoms with van der Waals surface area (Å²) in [5.41, 5.74) is 0.0257. The summed E-state index contributed by atoms with van der Waals surface area (Å²) in [6, 6.07) is 4.00. The molecule has 2 rings (SSSR count). The van der Waals surface area contributed by atoms with Crippen molar-refractivity contribution in [2.24, 2.45) is 11.3 Å². The van der Waals surface area contributed by atoms with Gasteiger partial charge < -0.3 is 9.84 Å². The molecule has 110 valence electrons. The van der Waals surface area contributed by atoms with E-state index in [2.05, 4.69) is 20.8 Å². The predicted octanol–water partition coefficient (Wildman–Crippen LogP) is 4.12. The van der Waals surface area contributed by atoms with Gasteiger partial charge in [-0.1, -0.05) is 26.8 Å². The average molecular weight is 280 g/mol. The first-order valence-corrected chi connectivity index (χ1v) is 6.97. The number of aromatic carboxylic acids is 1. The Morgan fingerprint density at radius 1 is 1.40 bits per heavy atom. The van der Waals surface area contributed by atoms with Gasteiger partial charge in [-0.2, -0.15) is 0 Å². The van der Waals surface area contributed by atoms with E-state index in [-0.39, 0.29) is 22.8 Å². The zero-order valence-electron chi connectivity index (χ0n) is 12.1. The van der Waals surface area contributed by atoms with Gasteiger partial charge in [0.05, 0.1) is 6.10 Å². The van der Waals surface area contributed by atoms with Crippen molar-refractivity contribution in [1.29, 1.82) is 0 Å². The highest BCUT2D eigenvalue weighted by Crippen LogP contribution is 2.40. The lowest BCUT2D eigenvalue weighted by molar-refractivity contribution is 0.0507. The molecule has 4 heteroatoms. The van der Waals surface area contributed by atoms with Gasteiger partial charge >= 0.3 is 5.97 Å². The van der Waals surface area contributed by atoms with Crippen molar-refractivity contribution < 1.29 is 19.0 Å². The van der Waals surface area contributed by atoms with Gasteiger partial charge in [0, 0.05) is 0 Å². The van der Waals surface area contributed by atoms with Gasteiger partial charge in [0.25, 0.3) is 0 Å². The molecule has 1 fully saturated rings. The van der Waals surface area contributed by atoms with Crippen molar-refractivity contribution in [3.8, 4) is 5.75 Å². The SMILES string of the molecule is CC1CC(Oc2c(F)cccc2C(=O)O)CC(C)(C)C1. The summed E-state index contributed by atoms with van der Waals surface area (Å²) in [6.07, 6.45) is 2.61. The average Bonchev–Trinajstić information content (AvgIpc) is 2.28. The molecule has 0 heterocycles. The number of benzene rings is 1. The maximum Gasteiger partial charge on any atom is 0.339 e. The van der Waals surface area contributed by atoms with Gasteiger partial charge in [-0.3, -0.25) is 0 Å². The molecule has 0 aromatic heterocycles. The van der Waals surface area contributed by atoms with E-state index in [1.807, 2.05) is 0 Å². The van der Waals surface area contributed by atoms with E-state index in [0.717, 1.165) is 19.3 Å². The van der Waals surface area contributed by atoms with Crippen molar-refractivity contribution in [2.45, 2.75) is 46.1 Å². The Morgan fingerprint density at radius 2 is 2.10 bits per heavy atom. The molecule has 0 radical (unpaired) electrons. The van der Waals surface area contributed by atoms with Crippen LogP contribution in [0.3, 0.4) is 0 Å². The molecule has 0 aliphatic heterocycles. The van der Waals surface area contributed by atoms with Crippen molar-refractivity contribution >= 4 is 5.97 Å². The number of carbonyl (C=O) groups is 1. The number of ether oxygens (including phenoxy) is 1. The third kappa shape index (κ3) is 3.30. The van der Waals surface area contributed by atoms with Crippen LogP contribution in [0.4, 0.5) is 4.39 Å². The first-order valence-electron chi connectivity index (χ1n) is 6.97. The van der Waals surface area contributed by atoms with Crippen molar-refractivity contribution in [3.63, 3.8) is 0 Å². The fourth-order valence-electron chi connectivity index (χ4n) is 3.31. The minimum atomic E-state index is -1.16. The number of hydrogen-bond acceptors (Lipinski definition) is 2. The molecule has 1 aromatic rings. The summed E-state index contributed by atoms with van der Waals surface area (Å²) in [5.74, 6) is -1.41. The predicted molar refractivity (Wildman–Crippen MR) is 74.6 cm³/mol. The van der Waals surface area contributed by atoms with Crippen LogP contribution >= 0.6 is 0 Å². The molecule has 0 saturated heterocycles. The number of hydrogen-bond donors (Lipinski definition) is 1. The minimum Gasteiger partial charge on any atom is -0.486 e. The lowest BCUT2D eigenvalue weighted by Gasteiger charge is -2.39. The van der Waals surface area contributed by atoms with Gasteiger partial charge in [-0.25, -0.2) is 9.18 Å². The Balaban J connectivity index is 2.24. The standard InChI is InChI=1S/C16H21FO3/c1-10-7-11(9-16(2,3)8-10)20-14-12(15(18)19)5-4-6-13(14)17/h4-6,10-11H,7-9H2,1-3H3,(H,18,19). The summed E-state index contributed by atoms with van der Waals surface area (Å²) in [4.78, 5) is 11.2. The number of rotatable bonds is 3. The molecule has 0 bridgehead atoms. The Labute approximate surface area is 118 Å². The van der Waals surface area contributed by atoms with Crippen LogP contribution < -0.4 is 4.74 Å². The molecule has 0 spiro atoms. The molecule has 0 amide bonds. The van der Waals surface area contributed by atoms with E-state index in [4.69, 9.17) is 9.84 Å². The fraction of sp³-hybridized carbons (Fsp3) is 0.562. The number of carboxylic acids is 1. The molecular formula is C16H21FO3. The maximum absolute atomic E-state index is 13.9. The summed E-state index contributed by atoms with van der Waals surface area (Å²) < 4.78 is 19.6. The second-order valence-electron chi connectivity index (χ2n) is 6.57. The Bertz CT molecular complexity index is 510. The zero-order chi connectivity index (χ0) is 14.9. The lowest BCUT2D eigenvalue weighted by atomic mass is 9.71. The molecule has 2 unspecified atom stereocenters. The zero-order valence-corrected chi connectivity index (χ0v) is 12.1. The minimum absolute atomic E-state index is 0.110. The first kappa shape index (κ1) is 14.8. The summed E-state index contributed by atoms with van der Waals surface area (Å²) >= 11 is 0. The van der Waals surface area contributed by atoms with Crippen LogP contribution in [-0.2, 0) is 0 Å². The highest BCUT2D eigenvalue weighted by molar-refractivity contribution is 5.90. The molecule has 20 heavy (non-hydrogen) atoms. The number of carboxylic acid groups (broad SMARTS) is 1. The second kappa shape index (κ2) is 5.43. The van der Waals surface area contributed by atoms with Gasteiger partial charge in [0.2, 0.25) is 0 Å². The topological polar surface area (TPSA) is 46.5 Å². The molecule has 1 aliphatic carbocycles. The number of halogens is 1. The van der Waals surface area contributed by atoms with Crippen LogP contribution in [0.5, 0.6) is 5.75 Å². The summed E-state index contributed by atoms with van der Waals surface area (Å²) in [5, 5.41) is 9.13. The van der Waals surface area contributed by atoms with Crippen LogP contribution in [0, 0.1) is 17.2 Å². The smallest absolute Gasteiger partial charge is 0.339 e. The van der Waals surface area contributed by atoms with Gasteiger partial charge in [-0.05, 0) is 42.7 Å². The quantitative estimate of drug-likeness (QED) is 0.906. The van der Waals surface area contributed by atoms with Crippen molar-refractivity contribution in [1.82, 2.24) is 0 Å².